The van der Waals surface area contributed by atoms with Gasteiger partial charge in [-0.3, -0.25) is 4.52 Å². The van der Waals surface area contributed by atoms with Crippen LogP contribution < -0.4 is 10.6 Å². The second-order valence-electron chi connectivity index (χ2n) is 6.52. The van der Waals surface area contributed by atoms with E-state index in [1.54, 1.807) is 0 Å². The molecule has 164 valence electrons. The molecule has 2 fully saturated rings. The summed E-state index contributed by atoms with van der Waals surface area (Å²) in [4.78, 5) is 16.8. The van der Waals surface area contributed by atoms with Crippen LogP contribution in [0.15, 0.2) is 0 Å². The van der Waals surface area contributed by atoms with Gasteiger partial charge in [0.25, 0.3) is 0 Å². The smallest absolute Gasteiger partial charge is 0.379 e. The third kappa shape index (κ3) is 25.9. The zero-order chi connectivity index (χ0) is 20.1. The molecule has 0 aromatic heterocycles. The van der Waals surface area contributed by atoms with Gasteiger partial charge in [-0.05, 0) is 6.42 Å². The standard InChI is InChI=1S/C10H23O4P.2C4H9NO/c1-2-3-4-5-6-7-8-9-10-14-15(11,12)13;2*1-3-6-4-2-5-1/h2-10H2,1H3,(H2,11,12,13);2*5H,1-4H2. The summed E-state index contributed by atoms with van der Waals surface area (Å²) in [6.45, 7) is 10.0. The summed E-state index contributed by atoms with van der Waals surface area (Å²) in [5.74, 6) is 0. The first-order valence-electron chi connectivity index (χ1n) is 10.3. The molecule has 0 spiro atoms. The third-order valence-electron chi connectivity index (χ3n) is 3.95. The van der Waals surface area contributed by atoms with Crippen LogP contribution in [0.1, 0.15) is 58.3 Å². The van der Waals surface area contributed by atoms with Crippen LogP contribution in [0.4, 0.5) is 0 Å². The zero-order valence-corrected chi connectivity index (χ0v) is 17.9. The van der Waals surface area contributed by atoms with E-state index in [1.807, 2.05) is 0 Å². The van der Waals surface area contributed by atoms with Crippen LogP contribution >= 0.6 is 7.82 Å². The Kier molecular flexibility index (Phi) is 20.6. The van der Waals surface area contributed by atoms with Gasteiger partial charge in [0.05, 0.1) is 33.0 Å². The van der Waals surface area contributed by atoms with Crippen molar-refractivity contribution in [3.8, 4) is 0 Å². The number of unbranched alkanes of at least 4 members (excludes halogenated alkanes) is 7. The van der Waals surface area contributed by atoms with E-state index in [4.69, 9.17) is 19.3 Å². The van der Waals surface area contributed by atoms with Crippen molar-refractivity contribution in [3.05, 3.63) is 0 Å². The SMILES string of the molecule is C1COCCN1.C1COCCN1.CCCCCCCCCCOP(=O)(O)O. The molecule has 2 aliphatic rings. The van der Waals surface area contributed by atoms with Crippen LogP contribution in [0.25, 0.3) is 0 Å². The van der Waals surface area contributed by atoms with Gasteiger partial charge < -0.3 is 29.9 Å². The van der Waals surface area contributed by atoms with Gasteiger partial charge in [0, 0.05) is 26.2 Å². The first-order chi connectivity index (χ1) is 13.1. The summed E-state index contributed by atoms with van der Waals surface area (Å²) in [5, 5.41) is 6.32. The van der Waals surface area contributed by atoms with E-state index in [0.29, 0.717) is 0 Å². The van der Waals surface area contributed by atoms with Gasteiger partial charge in [0.2, 0.25) is 0 Å². The number of phosphoric acid groups is 1. The fourth-order valence-electron chi connectivity index (χ4n) is 2.45. The molecule has 0 bridgehead atoms. The molecule has 2 heterocycles. The predicted molar refractivity (Wildman–Crippen MR) is 108 cm³/mol. The Morgan fingerprint density at radius 3 is 1.48 bits per heavy atom. The van der Waals surface area contributed by atoms with Gasteiger partial charge >= 0.3 is 7.82 Å². The normalized spacial score (nSPS) is 17.3. The molecular formula is C18H41N2O6P. The average molecular weight is 413 g/mol. The molecule has 0 amide bonds. The van der Waals surface area contributed by atoms with Gasteiger partial charge in [0.1, 0.15) is 0 Å². The topological polar surface area (TPSA) is 109 Å². The number of morpholine rings is 2. The number of ether oxygens (including phenoxy) is 2. The van der Waals surface area contributed by atoms with Gasteiger partial charge in [0.15, 0.2) is 0 Å². The van der Waals surface area contributed by atoms with Crippen LogP contribution in [0, 0.1) is 0 Å². The molecule has 0 aromatic rings. The van der Waals surface area contributed by atoms with Crippen molar-refractivity contribution in [2.24, 2.45) is 0 Å². The molecule has 8 nitrogen and oxygen atoms in total. The fourth-order valence-corrected chi connectivity index (χ4v) is 2.82. The molecule has 0 radical (unpaired) electrons. The summed E-state index contributed by atoms with van der Waals surface area (Å²) >= 11 is 0. The van der Waals surface area contributed by atoms with Crippen molar-refractivity contribution in [3.63, 3.8) is 0 Å². The molecule has 2 saturated heterocycles. The van der Waals surface area contributed by atoms with Crippen LogP contribution in [0.5, 0.6) is 0 Å². The molecule has 9 heteroatoms. The lowest BCUT2D eigenvalue weighted by atomic mass is 10.1. The summed E-state index contributed by atoms with van der Waals surface area (Å²) in [5.41, 5.74) is 0. The summed E-state index contributed by atoms with van der Waals surface area (Å²) in [6, 6.07) is 0. The maximum absolute atomic E-state index is 10.3. The monoisotopic (exact) mass is 412 g/mol. The number of hydrogen-bond donors (Lipinski definition) is 4. The molecule has 2 rings (SSSR count). The van der Waals surface area contributed by atoms with Crippen LogP contribution in [-0.4, -0.2) is 69.0 Å². The molecule has 0 aromatic carbocycles. The second kappa shape index (κ2) is 20.7. The summed E-state index contributed by atoms with van der Waals surface area (Å²) < 4.78 is 24.7. The van der Waals surface area contributed by atoms with E-state index >= 15 is 0 Å². The van der Waals surface area contributed by atoms with Crippen molar-refractivity contribution in [2.45, 2.75) is 58.3 Å². The Morgan fingerprint density at radius 2 is 1.19 bits per heavy atom. The Bertz CT molecular complexity index is 301. The van der Waals surface area contributed by atoms with Crippen molar-refractivity contribution < 1.29 is 28.3 Å². The zero-order valence-electron chi connectivity index (χ0n) is 17.0. The van der Waals surface area contributed by atoms with Gasteiger partial charge in [-0.1, -0.05) is 51.9 Å². The minimum atomic E-state index is -4.24. The van der Waals surface area contributed by atoms with Crippen molar-refractivity contribution >= 4 is 7.82 Å². The van der Waals surface area contributed by atoms with Gasteiger partial charge in [-0.25, -0.2) is 4.57 Å². The number of nitrogens with one attached hydrogen (secondary N) is 2. The van der Waals surface area contributed by atoms with E-state index in [2.05, 4.69) is 22.1 Å². The Labute approximate surface area is 165 Å². The van der Waals surface area contributed by atoms with E-state index < -0.39 is 7.82 Å². The predicted octanol–water partition coefficient (Wildman–Crippen LogP) is 2.45. The third-order valence-corrected chi connectivity index (χ3v) is 4.47. The lowest BCUT2D eigenvalue weighted by Crippen LogP contribution is -2.30. The van der Waals surface area contributed by atoms with E-state index in [9.17, 15) is 4.57 Å². The van der Waals surface area contributed by atoms with E-state index in [1.165, 1.54) is 32.1 Å². The highest BCUT2D eigenvalue weighted by Crippen LogP contribution is 2.35. The highest BCUT2D eigenvalue weighted by Gasteiger charge is 2.12. The molecule has 0 atom stereocenters. The highest BCUT2D eigenvalue weighted by molar-refractivity contribution is 7.46. The van der Waals surface area contributed by atoms with Crippen molar-refractivity contribution in [1.29, 1.82) is 0 Å². The van der Waals surface area contributed by atoms with Crippen LogP contribution in [-0.2, 0) is 18.6 Å². The average Bonchev–Trinajstić information content (AvgIpc) is 2.70. The molecule has 4 N–H and O–H groups in total. The fraction of sp³-hybridized carbons (Fsp3) is 1.00. The van der Waals surface area contributed by atoms with Crippen molar-refractivity contribution in [2.75, 3.05) is 59.2 Å². The molecule has 2 aliphatic heterocycles. The quantitative estimate of drug-likeness (QED) is 0.320. The summed E-state index contributed by atoms with van der Waals surface area (Å²) in [6.07, 6.45) is 9.22. The van der Waals surface area contributed by atoms with Gasteiger partial charge in [-0.15, -0.1) is 0 Å². The number of rotatable bonds is 10. The Hall–Kier alpha value is -0.0500. The highest BCUT2D eigenvalue weighted by atomic mass is 31.2. The maximum atomic E-state index is 10.3. The first kappa shape index (κ1) is 27.0. The maximum Gasteiger partial charge on any atom is 0.469 e. The lowest BCUT2D eigenvalue weighted by Gasteiger charge is -2.10. The Morgan fingerprint density at radius 1 is 0.778 bits per heavy atom. The minimum absolute atomic E-state index is 0.166. The summed E-state index contributed by atoms with van der Waals surface area (Å²) in [7, 11) is -4.24. The van der Waals surface area contributed by atoms with Crippen molar-refractivity contribution in [1.82, 2.24) is 10.6 Å². The largest absolute Gasteiger partial charge is 0.469 e. The molecule has 0 aliphatic carbocycles. The van der Waals surface area contributed by atoms with E-state index in [-0.39, 0.29) is 6.61 Å². The van der Waals surface area contributed by atoms with Gasteiger partial charge in [-0.2, -0.15) is 0 Å². The minimum Gasteiger partial charge on any atom is -0.379 e. The molecule has 0 saturated carbocycles. The van der Waals surface area contributed by atoms with E-state index in [0.717, 1.165) is 71.9 Å². The Balaban J connectivity index is 0.000000452. The number of hydrogen-bond acceptors (Lipinski definition) is 6. The van der Waals surface area contributed by atoms with Crippen LogP contribution in [0.3, 0.4) is 0 Å². The number of phosphoric ester groups is 1. The lowest BCUT2D eigenvalue weighted by molar-refractivity contribution is 0.109. The molecule has 27 heavy (non-hydrogen) atoms. The molecular weight excluding hydrogens is 371 g/mol. The van der Waals surface area contributed by atoms with Crippen LogP contribution in [0.2, 0.25) is 0 Å². The molecule has 0 unspecified atom stereocenters. The first-order valence-corrected chi connectivity index (χ1v) is 11.9. The second-order valence-corrected chi connectivity index (χ2v) is 7.76.